The summed E-state index contributed by atoms with van der Waals surface area (Å²) in [4.78, 5) is 16.0. The van der Waals surface area contributed by atoms with E-state index in [1.54, 1.807) is 24.3 Å². The zero-order valence-electron chi connectivity index (χ0n) is 13.3. The number of carbonyl (C=O) groups excluding carboxylic acids is 1. The zero-order valence-corrected chi connectivity index (χ0v) is 13.3. The molecule has 0 aliphatic rings. The summed E-state index contributed by atoms with van der Waals surface area (Å²) >= 11 is 0. The molecule has 0 spiro atoms. The van der Waals surface area contributed by atoms with Gasteiger partial charge in [-0.3, -0.25) is 0 Å². The number of ether oxygens (including phenoxy) is 1. The standard InChI is InChI=1S/C19H17NO3/c1-11-9-16-17(10-12(11)2)23-18(20-16)13(3)14-5-7-15(8-6-14)19(21)22-4/h5-10H,3H2,1-2,4H3. The normalized spacial score (nSPS) is 10.7. The monoisotopic (exact) mass is 307 g/mol. The third-order valence-corrected chi connectivity index (χ3v) is 3.92. The molecule has 0 unspecified atom stereocenters. The molecule has 0 fully saturated rings. The number of hydrogen-bond acceptors (Lipinski definition) is 4. The first-order valence-corrected chi connectivity index (χ1v) is 7.25. The minimum Gasteiger partial charge on any atom is -0.465 e. The number of carbonyl (C=O) groups is 1. The topological polar surface area (TPSA) is 52.3 Å². The van der Waals surface area contributed by atoms with Crippen molar-refractivity contribution in [3.05, 3.63) is 71.1 Å². The smallest absolute Gasteiger partial charge is 0.337 e. The number of rotatable bonds is 3. The van der Waals surface area contributed by atoms with Crippen molar-refractivity contribution in [1.82, 2.24) is 4.98 Å². The summed E-state index contributed by atoms with van der Waals surface area (Å²) in [6, 6.07) is 11.0. The summed E-state index contributed by atoms with van der Waals surface area (Å²) in [6.45, 7) is 8.14. The molecule has 0 bridgehead atoms. The zero-order chi connectivity index (χ0) is 16.6. The van der Waals surface area contributed by atoms with E-state index in [4.69, 9.17) is 9.15 Å². The molecule has 0 amide bonds. The lowest BCUT2D eigenvalue weighted by atomic mass is 10.1. The van der Waals surface area contributed by atoms with Crippen LogP contribution in [0.25, 0.3) is 16.7 Å². The third kappa shape index (κ3) is 2.75. The van der Waals surface area contributed by atoms with Crippen LogP contribution in [0.15, 0.2) is 47.4 Å². The van der Waals surface area contributed by atoms with Gasteiger partial charge in [0, 0.05) is 5.57 Å². The fourth-order valence-corrected chi connectivity index (χ4v) is 2.36. The fraction of sp³-hybridized carbons (Fsp3) is 0.158. The molecule has 3 rings (SSSR count). The number of esters is 1. The predicted molar refractivity (Wildman–Crippen MR) is 89.4 cm³/mol. The molecule has 0 saturated carbocycles. The highest BCUT2D eigenvalue weighted by atomic mass is 16.5. The van der Waals surface area contributed by atoms with Crippen molar-refractivity contribution in [3.8, 4) is 0 Å². The molecule has 23 heavy (non-hydrogen) atoms. The van der Waals surface area contributed by atoms with Crippen LogP contribution < -0.4 is 0 Å². The Morgan fingerprint density at radius 2 is 1.70 bits per heavy atom. The van der Waals surface area contributed by atoms with Gasteiger partial charge in [0.15, 0.2) is 5.58 Å². The van der Waals surface area contributed by atoms with Crippen molar-refractivity contribution in [2.24, 2.45) is 0 Å². The molecule has 4 nitrogen and oxygen atoms in total. The Morgan fingerprint density at radius 1 is 1.09 bits per heavy atom. The molecule has 0 N–H and O–H groups in total. The SMILES string of the molecule is C=C(c1ccc(C(=O)OC)cc1)c1nc2cc(C)c(C)cc2o1. The van der Waals surface area contributed by atoms with Gasteiger partial charge in [-0.1, -0.05) is 18.7 Å². The maximum absolute atomic E-state index is 11.5. The minimum absolute atomic E-state index is 0.366. The first-order chi connectivity index (χ1) is 11.0. The molecule has 0 aliphatic heterocycles. The van der Waals surface area contributed by atoms with Crippen molar-refractivity contribution in [3.63, 3.8) is 0 Å². The lowest BCUT2D eigenvalue weighted by Crippen LogP contribution is -2.00. The van der Waals surface area contributed by atoms with E-state index in [9.17, 15) is 4.79 Å². The summed E-state index contributed by atoms with van der Waals surface area (Å²) in [5, 5.41) is 0. The first-order valence-electron chi connectivity index (χ1n) is 7.25. The fourth-order valence-electron chi connectivity index (χ4n) is 2.36. The van der Waals surface area contributed by atoms with E-state index in [0.717, 1.165) is 22.2 Å². The molecule has 2 aromatic carbocycles. The van der Waals surface area contributed by atoms with Crippen molar-refractivity contribution >= 4 is 22.6 Å². The highest BCUT2D eigenvalue weighted by Gasteiger charge is 2.13. The van der Waals surface area contributed by atoms with Gasteiger partial charge in [-0.15, -0.1) is 0 Å². The van der Waals surface area contributed by atoms with Crippen molar-refractivity contribution < 1.29 is 13.9 Å². The second-order valence-corrected chi connectivity index (χ2v) is 5.47. The third-order valence-electron chi connectivity index (χ3n) is 3.92. The van der Waals surface area contributed by atoms with E-state index in [0.29, 0.717) is 17.0 Å². The number of oxazole rings is 1. The van der Waals surface area contributed by atoms with Crippen LogP contribution in [0.3, 0.4) is 0 Å². The molecule has 0 radical (unpaired) electrons. The molecule has 4 heteroatoms. The predicted octanol–water partition coefficient (Wildman–Crippen LogP) is 4.29. The van der Waals surface area contributed by atoms with Gasteiger partial charge in [0.1, 0.15) is 5.52 Å². The van der Waals surface area contributed by atoms with E-state index in [1.807, 2.05) is 26.0 Å². The number of methoxy groups -OCH3 is 1. The lowest BCUT2D eigenvalue weighted by molar-refractivity contribution is 0.0600. The van der Waals surface area contributed by atoms with Gasteiger partial charge >= 0.3 is 5.97 Å². The molecule has 0 atom stereocenters. The van der Waals surface area contributed by atoms with Crippen LogP contribution in [-0.4, -0.2) is 18.1 Å². The van der Waals surface area contributed by atoms with E-state index in [2.05, 4.69) is 11.6 Å². The molecule has 1 heterocycles. The van der Waals surface area contributed by atoms with E-state index in [-0.39, 0.29) is 5.97 Å². The molecule has 0 aliphatic carbocycles. The number of nitrogens with zero attached hydrogens (tertiary/aromatic N) is 1. The molecule has 116 valence electrons. The average Bonchev–Trinajstić information content (AvgIpc) is 2.96. The largest absolute Gasteiger partial charge is 0.465 e. The van der Waals surface area contributed by atoms with Gasteiger partial charge in [0.05, 0.1) is 12.7 Å². The van der Waals surface area contributed by atoms with E-state index < -0.39 is 0 Å². The molecule has 3 aromatic rings. The second-order valence-electron chi connectivity index (χ2n) is 5.47. The quantitative estimate of drug-likeness (QED) is 0.677. The van der Waals surface area contributed by atoms with Crippen LogP contribution in [-0.2, 0) is 4.74 Å². The van der Waals surface area contributed by atoms with Crippen LogP contribution in [0, 0.1) is 13.8 Å². The van der Waals surface area contributed by atoms with Crippen LogP contribution in [0.4, 0.5) is 0 Å². The summed E-state index contributed by atoms with van der Waals surface area (Å²) in [5.74, 6) is 0.116. The van der Waals surface area contributed by atoms with Gasteiger partial charge in [0.2, 0.25) is 5.89 Å². The lowest BCUT2D eigenvalue weighted by Gasteiger charge is -2.03. The van der Waals surface area contributed by atoms with Gasteiger partial charge in [-0.05, 0) is 54.8 Å². The number of benzene rings is 2. The number of aromatic nitrogens is 1. The van der Waals surface area contributed by atoms with Gasteiger partial charge in [-0.25, -0.2) is 9.78 Å². The van der Waals surface area contributed by atoms with Crippen LogP contribution in [0.5, 0.6) is 0 Å². The van der Waals surface area contributed by atoms with E-state index in [1.165, 1.54) is 12.7 Å². The molecular formula is C19H17NO3. The van der Waals surface area contributed by atoms with Gasteiger partial charge in [0.25, 0.3) is 0 Å². The maximum atomic E-state index is 11.5. The molecule has 1 aromatic heterocycles. The van der Waals surface area contributed by atoms with Crippen LogP contribution in [0.1, 0.15) is 32.9 Å². The Hall–Kier alpha value is -2.88. The second kappa shape index (κ2) is 5.72. The highest BCUT2D eigenvalue weighted by molar-refractivity contribution is 5.90. The van der Waals surface area contributed by atoms with Gasteiger partial charge < -0.3 is 9.15 Å². The van der Waals surface area contributed by atoms with Gasteiger partial charge in [-0.2, -0.15) is 0 Å². The summed E-state index contributed by atoms with van der Waals surface area (Å²) in [7, 11) is 1.36. The van der Waals surface area contributed by atoms with Crippen LogP contribution in [0.2, 0.25) is 0 Å². The number of fused-ring (bicyclic) bond motifs is 1. The maximum Gasteiger partial charge on any atom is 0.337 e. The summed E-state index contributed by atoms with van der Waals surface area (Å²) in [5.41, 5.74) is 5.91. The molecular weight excluding hydrogens is 290 g/mol. The number of aryl methyl sites for hydroxylation is 2. The summed E-state index contributed by atoms with van der Waals surface area (Å²) in [6.07, 6.45) is 0. The Morgan fingerprint density at radius 3 is 2.35 bits per heavy atom. The van der Waals surface area contributed by atoms with Crippen molar-refractivity contribution in [2.45, 2.75) is 13.8 Å². The molecule has 0 saturated heterocycles. The highest BCUT2D eigenvalue weighted by Crippen LogP contribution is 2.27. The number of hydrogen-bond donors (Lipinski definition) is 0. The van der Waals surface area contributed by atoms with Crippen molar-refractivity contribution in [2.75, 3.05) is 7.11 Å². The average molecular weight is 307 g/mol. The Labute approximate surface area is 134 Å². The Kier molecular flexibility index (Phi) is 3.74. The first kappa shape index (κ1) is 15.0. The minimum atomic E-state index is -0.366. The van der Waals surface area contributed by atoms with E-state index >= 15 is 0 Å². The summed E-state index contributed by atoms with van der Waals surface area (Å²) < 4.78 is 10.5. The Balaban J connectivity index is 1.95. The van der Waals surface area contributed by atoms with Crippen LogP contribution >= 0.6 is 0 Å². The van der Waals surface area contributed by atoms with Crippen molar-refractivity contribution in [1.29, 1.82) is 0 Å². The Bertz CT molecular complexity index is 865.